The monoisotopic (exact) mass is 354 g/mol. The highest BCUT2D eigenvalue weighted by Crippen LogP contribution is 2.34. The molecule has 3 rings (SSSR count). The summed E-state index contributed by atoms with van der Waals surface area (Å²) in [4.78, 5) is 28.9. The molecule has 0 spiro atoms. The smallest absolute Gasteiger partial charge is 0.248 e. The van der Waals surface area contributed by atoms with Crippen molar-refractivity contribution in [1.29, 1.82) is 0 Å². The first-order valence-corrected chi connectivity index (χ1v) is 8.71. The molecule has 0 aromatic heterocycles. The summed E-state index contributed by atoms with van der Waals surface area (Å²) < 4.78 is 0. The highest BCUT2D eigenvalue weighted by Gasteiger charge is 2.51. The van der Waals surface area contributed by atoms with Crippen molar-refractivity contribution < 1.29 is 9.59 Å². The van der Waals surface area contributed by atoms with Crippen molar-refractivity contribution in [3.63, 3.8) is 0 Å². The van der Waals surface area contributed by atoms with Crippen LogP contribution in [-0.2, 0) is 16.0 Å². The molecule has 2 aliphatic heterocycles. The van der Waals surface area contributed by atoms with E-state index >= 15 is 0 Å². The molecule has 0 N–H and O–H groups in total. The first-order valence-electron chi connectivity index (χ1n) is 7.95. The van der Waals surface area contributed by atoms with Gasteiger partial charge in [-0.05, 0) is 43.9 Å². The number of hydrogen-bond donors (Lipinski definition) is 0. The number of carbonyl (C=O) groups is 2. The summed E-state index contributed by atoms with van der Waals surface area (Å²) in [5.41, 5.74) is 0.0456. The summed E-state index contributed by atoms with van der Waals surface area (Å²) in [6.45, 7) is 4.11. The Hall–Kier alpha value is -1.26. The van der Waals surface area contributed by atoms with Gasteiger partial charge in [0.2, 0.25) is 11.8 Å². The van der Waals surface area contributed by atoms with Crippen LogP contribution in [0.25, 0.3) is 0 Å². The van der Waals surface area contributed by atoms with Crippen molar-refractivity contribution in [2.75, 3.05) is 19.6 Å². The quantitative estimate of drug-likeness (QED) is 0.836. The summed E-state index contributed by atoms with van der Waals surface area (Å²) in [6.07, 6.45) is 3.02. The molecule has 23 heavy (non-hydrogen) atoms. The maximum absolute atomic E-state index is 12.7. The van der Waals surface area contributed by atoms with Crippen LogP contribution in [0.4, 0.5) is 0 Å². The number of hydrogen-bond acceptors (Lipinski definition) is 2. The number of carbonyl (C=O) groups excluding carboxylic acids is 2. The Balaban J connectivity index is 1.70. The zero-order valence-corrected chi connectivity index (χ0v) is 14.7. The SMILES string of the molecule is CC1(C(=O)N2CCCC2)CCN1C(=O)Cc1ccc(Cl)cc1Cl. The van der Waals surface area contributed by atoms with Crippen molar-refractivity contribution in [3.05, 3.63) is 33.8 Å². The third kappa shape index (κ3) is 3.07. The first kappa shape index (κ1) is 16.6. The van der Waals surface area contributed by atoms with Crippen LogP contribution in [0.15, 0.2) is 18.2 Å². The Morgan fingerprint density at radius 3 is 2.43 bits per heavy atom. The van der Waals surface area contributed by atoms with Gasteiger partial charge in [-0.1, -0.05) is 29.3 Å². The third-order valence-corrected chi connectivity index (χ3v) is 5.52. The Morgan fingerprint density at radius 2 is 1.87 bits per heavy atom. The predicted octanol–water partition coefficient (Wildman–Crippen LogP) is 3.15. The average Bonchev–Trinajstić information content (AvgIpc) is 3.01. The topological polar surface area (TPSA) is 40.6 Å². The van der Waals surface area contributed by atoms with Crippen LogP contribution in [0.2, 0.25) is 10.0 Å². The number of likely N-dealkylation sites (tertiary alicyclic amines) is 2. The standard InChI is InChI=1S/C17H20Cl2N2O2/c1-17(16(23)20-7-2-3-8-20)6-9-21(17)15(22)10-12-4-5-13(18)11-14(12)19/h4-5,11H,2-3,6-10H2,1H3. The van der Waals surface area contributed by atoms with Crippen molar-refractivity contribution in [2.45, 2.75) is 38.1 Å². The van der Waals surface area contributed by atoms with E-state index in [0.717, 1.165) is 37.9 Å². The molecule has 2 aliphatic rings. The molecule has 1 unspecified atom stereocenters. The normalized spacial score (nSPS) is 23.8. The van der Waals surface area contributed by atoms with Gasteiger partial charge in [-0.2, -0.15) is 0 Å². The fourth-order valence-electron chi connectivity index (χ4n) is 3.37. The second-order valence-corrected chi connectivity index (χ2v) is 7.32. The van der Waals surface area contributed by atoms with Gasteiger partial charge in [0.05, 0.1) is 6.42 Å². The Morgan fingerprint density at radius 1 is 1.17 bits per heavy atom. The van der Waals surface area contributed by atoms with Gasteiger partial charge in [-0.3, -0.25) is 9.59 Å². The third-order valence-electron chi connectivity index (χ3n) is 4.93. The largest absolute Gasteiger partial charge is 0.341 e. The van der Waals surface area contributed by atoms with E-state index in [0.29, 0.717) is 16.6 Å². The van der Waals surface area contributed by atoms with Crippen LogP contribution in [0, 0.1) is 0 Å². The van der Waals surface area contributed by atoms with Crippen molar-refractivity contribution in [3.8, 4) is 0 Å². The molecular weight excluding hydrogens is 335 g/mol. The van der Waals surface area contributed by atoms with Crippen molar-refractivity contribution in [2.24, 2.45) is 0 Å². The van der Waals surface area contributed by atoms with Gasteiger partial charge >= 0.3 is 0 Å². The Bertz CT molecular complexity index is 643. The summed E-state index contributed by atoms with van der Waals surface area (Å²) >= 11 is 12.0. The lowest BCUT2D eigenvalue weighted by molar-refractivity contribution is -0.162. The number of nitrogens with zero attached hydrogens (tertiary/aromatic N) is 2. The molecular formula is C17H20Cl2N2O2. The first-order chi connectivity index (χ1) is 10.9. The molecule has 1 aromatic rings. The van der Waals surface area contributed by atoms with Crippen molar-refractivity contribution >= 4 is 35.0 Å². The van der Waals surface area contributed by atoms with Crippen LogP contribution >= 0.6 is 23.2 Å². The van der Waals surface area contributed by atoms with Gasteiger partial charge in [0.15, 0.2) is 0 Å². The molecule has 0 aliphatic carbocycles. The van der Waals surface area contributed by atoms with E-state index in [9.17, 15) is 9.59 Å². The molecule has 1 aromatic carbocycles. The van der Waals surface area contributed by atoms with Gasteiger partial charge in [-0.25, -0.2) is 0 Å². The zero-order chi connectivity index (χ0) is 16.6. The van der Waals surface area contributed by atoms with Crippen LogP contribution in [0.5, 0.6) is 0 Å². The molecule has 2 saturated heterocycles. The molecule has 124 valence electrons. The van der Waals surface area contributed by atoms with Gasteiger partial charge in [0.1, 0.15) is 5.54 Å². The van der Waals surface area contributed by atoms with Crippen LogP contribution in [0.3, 0.4) is 0 Å². The second kappa shape index (κ2) is 6.33. The van der Waals surface area contributed by atoms with Crippen LogP contribution in [0.1, 0.15) is 31.7 Å². The molecule has 0 saturated carbocycles. The second-order valence-electron chi connectivity index (χ2n) is 6.48. The summed E-state index contributed by atoms with van der Waals surface area (Å²) in [5, 5.41) is 1.03. The molecule has 6 heteroatoms. The van der Waals surface area contributed by atoms with E-state index in [4.69, 9.17) is 23.2 Å². The van der Waals surface area contributed by atoms with Gasteiger partial charge < -0.3 is 9.80 Å². The molecule has 0 bridgehead atoms. The summed E-state index contributed by atoms with van der Waals surface area (Å²) in [6, 6.07) is 5.12. The van der Waals surface area contributed by atoms with Crippen LogP contribution < -0.4 is 0 Å². The van der Waals surface area contributed by atoms with Gasteiger partial charge in [-0.15, -0.1) is 0 Å². The van der Waals surface area contributed by atoms with E-state index in [2.05, 4.69) is 0 Å². The highest BCUT2D eigenvalue weighted by molar-refractivity contribution is 6.35. The van der Waals surface area contributed by atoms with E-state index < -0.39 is 5.54 Å². The van der Waals surface area contributed by atoms with Gasteiger partial charge in [0, 0.05) is 29.7 Å². The molecule has 2 heterocycles. The molecule has 2 amide bonds. The highest BCUT2D eigenvalue weighted by atomic mass is 35.5. The maximum Gasteiger partial charge on any atom is 0.248 e. The summed E-state index contributed by atoms with van der Waals surface area (Å²) in [7, 11) is 0. The minimum Gasteiger partial charge on any atom is -0.341 e. The molecule has 4 nitrogen and oxygen atoms in total. The predicted molar refractivity (Wildman–Crippen MR) is 90.7 cm³/mol. The van der Waals surface area contributed by atoms with E-state index in [1.807, 2.05) is 11.8 Å². The molecule has 1 atom stereocenters. The molecule has 0 radical (unpaired) electrons. The average molecular weight is 355 g/mol. The number of benzene rings is 1. The lowest BCUT2D eigenvalue weighted by Gasteiger charge is -2.50. The number of rotatable bonds is 3. The minimum absolute atomic E-state index is 0.0597. The van der Waals surface area contributed by atoms with Crippen LogP contribution in [-0.4, -0.2) is 46.8 Å². The molecule has 2 fully saturated rings. The van der Waals surface area contributed by atoms with Crippen molar-refractivity contribution in [1.82, 2.24) is 9.80 Å². The number of halogens is 2. The van der Waals surface area contributed by atoms with E-state index in [1.54, 1.807) is 23.1 Å². The van der Waals surface area contributed by atoms with E-state index in [-0.39, 0.29) is 18.2 Å². The number of amides is 2. The minimum atomic E-state index is -0.694. The Labute approximate surface area is 146 Å². The fourth-order valence-corrected chi connectivity index (χ4v) is 3.84. The fraction of sp³-hybridized carbons (Fsp3) is 0.529. The maximum atomic E-state index is 12.7. The van der Waals surface area contributed by atoms with Gasteiger partial charge in [0.25, 0.3) is 0 Å². The lowest BCUT2D eigenvalue weighted by atomic mass is 9.84. The lowest BCUT2D eigenvalue weighted by Crippen LogP contribution is -2.67. The van der Waals surface area contributed by atoms with E-state index in [1.165, 1.54) is 0 Å². The summed E-state index contributed by atoms with van der Waals surface area (Å²) in [5.74, 6) is 0.0207. The zero-order valence-electron chi connectivity index (χ0n) is 13.1. The Kier molecular flexibility index (Phi) is 4.56.